The van der Waals surface area contributed by atoms with Crippen molar-refractivity contribution < 1.29 is 13.2 Å². The summed E-state index contributed by atoms with van der Waals surface area (Å²) < 4.78 is 28.9. The summed E-state index contributed by atoms with van der Waals surface area (Å²) in [7, 11) is -3.85. The van der Waals surface area contributed by atoms with Gasteiger partial charge in [-0.1, -0.05) is 82.3 Å². The number of sulfonamides is 1. The molecule has 0 saturated heterocycles. The summed E-state index contributed by atoms with van der Waals surface area (Å²) in [5.41, 5.74) is 3.46. The Labute approximate surface area is 236 Å². The number of thiophene rings is 1. The number of benzene rings is 3. The molecule has 3 aromatic carbocycles. The summed E-state index contributed by atoms with van der Waals surface area (Å²) in [6.45, 7) is 9.16. The van der Waals surface area contributed by atoms with E-state index in [9.17, 15) is 13.2 Å². The first-order chi connectivity index (χ1) is 18.6. The van der Waals surface area contributed by atoms with Crippen LogP contribution < -0.4 is 0 Å². The molecule has 0 unspecified atom stereocenters. The molecule has 0 radical (unpaired) electrons. The minimum absolute atomic E-state index is 0.0337. The van der Waals surface area contributed by atoms with Crippen molar-refractivity contribution in [2.75, 3.05) is 19.6 Å². The Morgan fingerprint density at radius 1 is 1.00 bits per heavy atom. The lowest BCUT2D eigenvalue weighted by molar-refractivity contribution is -0.133. The minimum atomic E-state index is -3.85. The van der Waals surface area contributed by atoms with Crippen LogP contribution in [0.3, 0.4) is 0 Å². The molecule has 204 valence electrons. The van der Waals surface area contributed by atoms with Crippen molar-refractivity contribution in [1.29, 1.82) is 0 Å². The SMILES string of the molecule is CCCN(CC(=O)N1CCc2sccc2[C@@H]1c1ccc(C(C)(C)C)cc1)S(=O)(=O)c1ccc2ccccc2c1. The maximum Gasteiger partial charge on any atom is 0.243 e. The smallest absolute Gasteiger partial charge is 0.243 e. The molecule has 0 fully saturated rings. The Morgan fingerprint density at radius 3 is 2.41 bits per heavy atom. The molecule has 0 spiro atoms. The van der Waals surface area contributed by atoms with Gasteiger partial charge in [0.15, 0.2) is 0 Å². The third-order valence-electron chi connectivity index (χ3n) is 7.52. The molecule has 0 bridgehead atoms. The van der Waals surface area contributed by atoms with Crippen LogP contribution >= 0.6 is 11.3 Å². The van der Waals surface area contributed by atoms with Crippen molar-refractivity contribution >= 4 is 38.0 Å². The summed E-state index contributed by atoms with van der Waals surface area (Å²) in [4.78, 5) is 17.3. The molecule has 2 heterocycles. The van der Waals surface area contributed by atoms with Gasteiger partial charge in [-0.25, -0.2) is 8.42 Å². The van der Waals surface area contributed by atoms with Gasteiger partial charge >= 0.3 is 0 Å². The number of hydrogen-bond acceptors (Lipinski definition) is 4. The van der Waals surface area contributed by atoms with E-state index in [2.05, 4.69) is 56.5 Å². The van der Waals surface area contributed by atoms with Gasteiger partial charge in [0, 0.05) is 18.0 Å². The quantitative estimate of drug-likeness (QED) is 0.251. The number of amides is 1. The van der Waals surface area contributed by atoms with Crippen LogP contribution in [0.15, 0.2) is 83.1 Å². The summed E-state index contributed by atoms with van der Waals surface area (Å²) >= 11 is 1.73. The standard InChI is InChI=1S/C32H36N2O3S2/c1-5-18-33(39(36,37)27-15-12-23-8-6-7-9-25(23)21-27)22-30(35)34-19-16-29-28(17-20-38-29)31(34)24-10-13-26(14-11-24)32(2,3)4/h6-15,17,20-21,31H,5,16,18-19,22H2,1-4H3/t31-/m0/s1. The number of nitrogens with zero attached hydrogens (tertiary/aromatic N) is 2. The van der Waals surface area contributed by atoms with Gasteiger partial charge in [0.1, 0.15) is 0 Å². The van der Waals surface area contributed by atoms with E-state index >= 15 is 0 Å². The maximum atomic E-state index is 13.9. The zero-order valence-corrected chi connectivity index (χ0v) is 24.7. The Bertz CT molecular complexity index is 1580. The highest BCUT2D eigenvalue weighted by Crippen LogP contribution is 2.38. The molecule has 1 aliphatic heterocycles. The van der Waals surface area contributed by atoms with Crippen LogP contribution in [-0.4, -0.2) is 43.2 Å². The second kappa shape index (κ2) is 10.9. The van der Waals surface area contributed by atoms with Crippen molar-refractivity contribution in [2.45, 2.75) is 56.9 Å². The van der Waals surface area contributed by atoms with Gasteiger partial charge < -0.3 is 4.90 Å². The lowest BCUT2D eigenvalue weighted by atomic mass is 9.85. The van der Waals surface area contributed by atoms with Crippen molar-refractivity contribution in [3.8, 4) is 0 Å². The number of carbonyl (C=O) groups is 1. The van der Waals surface area contributed by atoms with Crippen LogP contribution in [0.25, 0.3) is 10.8 Å². The first-order valence-electron chi connectivity index (χ1n) is 13.5. The Morgan fingerprint density at radius 2 is 1.72 bits per heavy atom. The van der Waals surface area contributed by atoms with Gasteiger partial charge in [0.25, 0.3) is 0 Å². The lowest BCUT2D eigenvalue weighted by Crippen LogP contribution is -2.46. The van der Waals surface area contributed by atoms with Gasteiger partial charge in [-0.3, -0.25) is 4.79 Å². The van der Waals surface area contributed by atoms with Crippen LogP contribution in [0.1, 0.15) is 61.7 Å². The van der Waals surface area contributed by atoms with Crippen molar-refractivity contribution in [3.63, 3.8) is 0 Å². The van der Waals surface area contributed by atoms with Gasteiger partial charge in [0.2, 0.25) is 15.9 Å². The maximum absolute atomic E-state index is 13.9. The second-order valence-electron chi connectivity index (χ2n) is 11.3. The molecule has 0 aliphatic carbocycles. The normalized spacial score (nSPS) is 16.0. The van der Waals surface area contributed by atoms with E-state index in [1.54, 1.807) is 23.5 Å². The average molecular weight is 561 g/mol. The van der Waals surface area contributed by atoms with Crippen LogP contribution in [0.5, 0.6) is 0 Å². The molecule has 7 heteroatoms. The molecule has 39 heavy (non-hydrogen) atoms. The monoisotopic (exact) mass is 560 g/mol. The van der Waals surface area contributed by atoms with E-state index in [-0.39, 0.29) is 35.3 Å². The molecular formula is C32H36N2O3S2. The highest BCUT2D eigenvalue weighted by atomic mass is 32.2. The molecule has 1 amide bonds. The molecular weight excluding hydrogens is 524 g/mol. The summed E-state index contributed by atoms with van der Waals surface area (Å²) in [5, 5.41) is 3.93. The zero-order valence-electron chi connectivity index (χ0n) is 23.1. The fourth-order valence-corrected chi connectivity index (χ4v) is 7.78. The summed E-state index contributed by atoms with van der Waals surface area (Å²) in [6.07, 6.45) is 1.40. The molecule has 5 nitrogen and oxygen atoms in total. The number of hydrogen-bond donors (Lipinski definition) is 0. The predicted octanol–water partition coefficient (Wildman–Crippen LogP) is 6.77. The van der Waals surface area contributed by atoms with E-state index < -0.39 is 10.0 Å². The van der Waals surface area contributed by atoms with Crippen LogP contribution in [0, 0.1) is 0 Å². The fourth-order valence-electron chi connectivity index (χ4n) is 5.36. The summed E-state index contributed by atoms with van der Waals surface area (Å²) in [6, 6.07) is 23.3. The molecule has 1 aliphatic rings. The highest BCUT2D eigenvalue weighted by molar-refractivity contribution is 7.89. The number of fused-ring (bicyclic) bond motifs is 2. The van der Waals surface area contributed by atoms with E-state index in [0.29, 0.717) is 13.0 Å². The largest absolute Gasteiger partial charge is 0.330 e. The van der Waals surface area contributed by atoms with Crippen LogP contribution in [-0.2, 0) is 26.7 Å². The van der Waals surface area contributed by atoms with Crippen molar-refractivity contribution in [2.24, 2.45) is 0 Å². The van der Waals surface area contributed by atoms with E-state index in [0.717, 1.165) is 28.3 Å². The number of carbonyl (C=O) groups excluding carboxylic acids is 1. The Hall–Kier alpha value is -3.00. The predicted molar refractivity (Wildman–Crippen MR) is 160 cm³/mol. The van der Waals surface area contributed by atoms with Gasteiger partial charge in [-0.05, 0) is 69.3 Å². The van der Waals surface area contributed by atoms with E-state index in [1.165, 1.54) is 14.7 Å². The molecule has 1 atom stereocenters. The van der Waals surface area contributed by atoms with Crippen LogP contribution in [0.2, 0.25) is 0 Å². The topological polar surface area (TPSA) is 57.7 Å². The molecule has 1 aromatic heterocycles. The van der Waals surface area contributed by atoms with Crippen molar-refractivity contribution in [3.05, 3.63) is 99.7 Å². The van der Waals surface area contributed by atoms with Crippen LogP contribution in [0.4, 0.5) is 0 Å². The van der Waals surface area contributed by atoms with E-state index in [4.69, 9.17) is 0 Å². The third kappa shape index (κ3) is 5.53. The molecule has 5 rings (SSSR count). The van der Waals surface area contributed by atoms with Gasteiger partial charge in [-0.2, -0.15) is 4.31 Å². The van der Waals surface area contributed by atoms with Gasteiger partial charge in [-0.15, -0.1) is 11.3 Å². The third-order valence-corrected chi connectivity index (χ3v) is 10.4. The average Bonchev–Trinajstić information content (AvgIpc) is 3.40. The molecule has 0 saturated carbocycles. The first-order valence-corrected chi connectivity index (χ1v) is 15.9. The Balaban J connectivity index is 1.46. The zero-order chi connectivity index (χ0) is 27.8. The van der Waals surface area contributed by atoms with Gasteiger partial charge in [0.05, 0.1) is 17.5 Å². The lowest BCUT2D eigenvalue weighted by Gasteiger charge is -2.37. The van der Waals surface area contributed by atoms with E-state index in [1.807, 2.05) is 42.2 Å². The highest BCUT2D eigenvalue weighted by Gasteiger charge is 2.35. The summed E-state index contributed by atoms with van der Waals surface area (Å²) in [5.74, 6) is -0.172. The molecule has 0 N–H and O–H groups in total. The number of rotatable bonds is 7. The second-order valence-corrected chi connectivity index (χ2v) is 14.2. The minimum Gasteiger partial charge on any atom is -0.330 e. The molecule has 4 aromatic rings. The van der Waals surface area contributed by atoms with Crippen molar-refractivity contribution in [1.82, 2.24) is 9.21 Å². The Kier molecular flexibility index (Phi) is 7.68. The fraction of sp³-hybridized carbons (Fsp3) is 0.344. The first kappa shape index (κ1) is 27.6.